The molecule has 2 aromatic rings. The zero-order valence-corrected chi connectivity index (χ0v) is 9.20. The zero-order valence-electron chi connectivity index (χ0n) is 8.44. The van der Waals surface area contributed by atoms with Gasteiger partial charge in [-0.2, -0.15) is 0 Å². The van der Waals surface area contributed by atoms with E-state index < -0.39 is 0 Å². The largest absolute Gasteiger partial charge is 0.390 e. The van der Waals surface area contributed by atoms with Gasteiger partial charge in [-0.15, -0.1) is 0 Å². The van der Waals surface area contributed by atoms with E-state index >= 15 is 0 Å². The molecule has 0 fully saturated rings. The van der Waals surface area contributed by atoms with Crippen LogP contribution >= 0.6 is 11.6 Å². The lowest BCUT2D eigenvalue weighted by atomic mass is 10.2. The maximum Gasteiger partial charge on any atom is 0.0836 e. The van der Waals surface area contributed by atoms with Gasteiger partial charge in [0.05, 0.1) is 17.3 Å². The monoisotopic (exact) mass is 221 g/mol. The third-order valence-corrected chi connectivity index (χ3v) is 2.66. The van der Waals surface area contributed by atoms with Crippen LogP contribution in [0.2, 0.25) is 5.02 Å². The van der Waals surface area contributed by atoms with Crippen LogP contribution in [0.25, 0.3) is 5.69 Å². The molecule has 2 rings (SSSR count). The summed E-state index contributed by atoms with van der Waals surface area (Å²) in [6.45, 7) is 2.01. The first-order valence-electron chi connectivity index (χ1n) is 4.76. The minimum absolute atomic E-state index is 0.0111. The molecule has 15 heavy (non-hydrogen) atoms. The van der Waals surface area contributed by atoms with Gasteiger partial charge < -0.3 is 9.67 Å². The Morgan fingerprint density at radius 2 is 2.13 bits per heavy atom. The van der Waals surface area contributed by atoms with Gasteiger partial charge >= 0.3 is 0 Å². The molecule has 0 aliphatic heterocycles. The highest BCUT2D eigenvalue weighted by atomic mass is 35.5. The van der Waals surface area contributed by atoms with Crippen molar-refractivity contribution in [2.75, 3.05) is 0 Å². The molecule has 0 aliphatic carbocycles. The molecule has 78 valence electrons. The van der Waals surface area contributed by atoms with Gasteiger partial charge in [0.2, 0.25) is 0 Å². The maximum absolute atomic E-state index is 9.15. The standard InChI is InChI=1S/C12H12ClNO/c1-9-4-5-12(11(13)7-9)14-6-2-3-10(14)8-15/h2-7,15H,8H2,1H3. The minimum atomic E-state index is 0.0111. The second-order valence-corrected chi connectivity index (χ2v) is 3.89. The summed E-state index contributed by atoms with van der Waals surface area (Å²) >= 11 is 6.15. The molecule has 0 spiro atoms. The number of aryl methyl sites for hydroxylation is 1. The lowest BCUT2D eigenvalue weighted by Crippen LogP contribution is -1.99. The Kier molecular flexibility index (Phi) is 2.80. The fourth-order valence-corrected chi connectivity index (χ4v) is 1.91. The van der Waals surface area contributed by atoms with E-state index in [-0.39, 0.29) is 6.61 Å². The summed E-state index contributed by atoms with van der Waals surface area (Å²) in [7, 11) is 0. The Bertz CT molecular complexity index is 476. The fourth-order valence-electron chi connectivity index (χ4n) is 1.59. The van der Waals surface area contributed by atoms with Crippen LogP contribution in [-0.2, 0) is 6.61 Å². The van der Waals surface area contributed by atoms with Crippen molar-refractivity contribution < 1.29 is 5.11 Å². The highest BCUT2D eigenvalue weighted by molar-refractivity contribution is 6.32. The van der Waals surface area contributed by atoms with Gasteiger partial charge in [0.15, 0.2) is 0 Å². The van der Waals surface area contributed by atoms with Crippen LogP contribution < -0.4 is 0 Å². The Morgan fingerprint density at radius 1 is 1.33 bits per heavy atom. The summed E-state index contributed by atoms with van der Waals surface area (Å²) in [6.07, 6.45) is 1.89. The number of hydrogen-bond donors (Lipinski definition) is 1. The predicted molar refractivity (Wildman–Crippen MR) is 61.4 cm³/mol. The molecule has 1 N–H and O–H groups in total. The molecule has 0 aliphatic rings. The van der Waals surface area contributed by atoms with Crippen molar-refractivity contribution in [1.82, 2.24) is 4.57 Å². The van der Waals surface area contributed by atoms with E-state index in [1.54, 1.807) is 0 Å². The SMILES string of the molecule is Cc1ccc(-n2cccc2CO)c(Cl)c1. The number of nitrogens with zero attached hydrogens (tertiary/aromatic N) is 1. The quantitative estimate of drug-likeness (QED) is 0.829. The van der Waals surface area contributed by atoms with Gasteiger partial charge in [-0.05, 0) is 36.8 Å². The molecule has 0 atom stereocenters. The number of halogens is 1. The number of benzene rings is 1. The van der Waals surface area contributed by atoms with E-state index in [2.05, 4.69) is 0 Å². The highest BCUT2D eigenvalue weighted by Crippen LogP contribution is 2.23. The summed E-state index contributed by atoms with van der Waals surface area (Å²) in [6, 6.07) is 9.63. The summed E-state index contributed by atoms with van der Waals surface area (Å²) in [5, 5.41) is 9.85. The van der Waals surface area contributed by atoms with E-state index in [4.69, 9.17) is 16.7 Å². The molecule has 0 bridgehead atoms. The van der Waals surface area contributed by atoms with Crippen LogP contribution in [0.15, 0.2) is 36.5 Å². The van der Waals surface area contributed by atoms with E-state index in [0.29, 0.717) is 5.02 Å². The third-order valence-electron chi connectivity index (χ3n) is 2.36. The Hall–Kier alpha value is -1.25. The Balaban J connectivity index is 2.54. The van der Waals surface area contributed by atoms with Crippen LogP contribution in [0.5, 0.6) is 0 Å². The number of aromatic nitrogens is 1. The van der Waals surface area contributed by atoms with Crippen LogP contribution in [0.1, 0.15) is 11.3 Å². The molecule has 1 aromatic carbocycles. The lowest BCUT2D eigenvalue weighted by Gasteiger charge is -2.09. The fraction of sp³-hybridized carbons (Fsp3) is 0.167. The number of rotatable bonds is 2. The number of aliphatic hydroxyl groups is 1. The minimum Gasteiger partial charge on any atom is -0.390 e. The van der Waals surface area contributed by atoms with Gasteiger partial charge in [-0.1, -0.05) is 17.7 Å². The molecule has 1 aromatic heterocycles. The van der Waals surface area contributed by atoms with Crippen molar-refractivity contribution in [1.29, 1.82) is 0 Å². The topological polar surface area (TPSA) is 25.2 Å². The normalized spacial score (nSPS) is 10.6. The third kappa shape index (κ3) is 1.91. The van der Waals surface area contributed by atoms with Crippen LogP contribution in [-0.4, -0.2) is 9.67 Å². The van der Waals surface area contributed by atoms with E-state index in [1.807, 2.05) is 48.0 Å². The van der Waals surface area contributed by atoms with Crippen molar-refractivity contribution in [2.45, 2.75) is 13.5 Å². The van der Waals surface area contributed by atoms with E-state index in [1.165, 1.54) is 0 Å². The molecule has 0 amide bonds. The highest BCUT2D eigenvalue weighted by Gasteiger charge is 2.05. The Morgan fingerprint density at radius 3 is 2.80 bits per heavy atom. The first-order valence-corrected chi connectivity index (χ1v) is 5.14. The van der Waals surface area contributed by atoms with Crippen LogP contribution in [0.3, 0.4) is 0 Å². The average molecular weight is 222 g/mol. The van der Waals surface area contributed by atoms with Crippen LogP contribution in [0, 0.1) is 6.92 Å². The zero-order chi connectivity index (χ0) is 10.8. The molecule has 2 nitrogen and oxygen atoms in total. The second-order valence-electron chi connectivity index (χ2n) is 3.48. The molecule has 0 saturated carbocycles. The summed E-state index contributed by atoms with van der Waals surface area (Å²) < 4.78 is 1.89. The smallest absolute Gasteiger partial charge is 0.0836 e. The lowest BCUT2D eigenvalue weighted by molar-refractivity contribution is 0.274. The molecular formula is C12H12ClNO. The summed E-state index contributed by atoms with van der Waals surface area (Å²) in [4.78, 5) is 0. The second kappa shape index (κ2) is 4.09. The first kappa shape index (κ1) is 10.3. The molecule has 0 radical (unpaired) electrons. The van der Waals surface area contributed by atoms with E-state index in [9.17, 15) is 0 Å². The molecular weight excluding hydrogens is 210 g/mol. The molecule has 3 heteroatoms. The van der Waals surface area contributed by atoms with Crippen molar-refractivity contribution in [3.05, 3.63) is 52.8 Å². The van der Waals surface area contributed by atoms with Crippen molar-refractivity contribution >= 4 is 11.6 Å². The van der Waals surface area contributed by atoms with Gasteiger partial charge in [-0.3, -0.25) is 0 Å². The molecule has 0 saturated heterocycles. The summed E-state index contributed by atoms with van der Waals surface area (Å²) in [5.74, 6) is 0. The van der Waals surface area contributed by atoms with Gasteiger partial charge in [0, 0.05) is 11.9 Å². The van der Waals surface area contributed by atoms with Gasteiger partial charge in [0.25, 0.3) is 0 Å². The van der Waals surface area contributed by atoms with Gasteiger partial charge in [0.1, 0.15) is 0 Å². The maximum atomic E-state index is 9.15. The number of aliphatic hydroxyl groups excluding tert-OH is 1. The number of hydrogen-bond acceptors (Lipinski definition) is 1. The predicted octanol–water partition coefficient (Wildman–Crippen LogP) is 2.93. The summed E-state index contributed by atoms with van der Waals surface area (Å²) in [5.41, 5.74) is 2.86. The van der Waals surface area contributed by atoms with Crippen molar-refractivity contribution in [3.63, 3.8) is 0 Å². The van der Waals surface area contributed by atoms with Crippen molar-refractivity contribution in [3.8, 4) is 5.69 Å². The van der Waals surface area contributed by atoms with Gasteiger partial charge in [-0.25, -0.2) is 0 Å². The molecule has 0 unspecified atom stereocenters. The van der Waals surface area contributed by atoms with Crippen LogP contribution in [0.4, 0.5) is 0 Å². The molecule has 1 heterocycles. The Labute approximate surface area is 93.7 Å². The van der Waals surface area contributed by atoms with Crippen molar-refractivity contribution in [2.24, 2.45) is 0 Å². The first-order chi connectivity index (χ1) is 7.22. The van der Waals surface area contributed by atoms with E-state index in [0.717, 1.165) is 16.9 Å². The average Bonchev–Trinajstić information content (AvgIpc) is 2.65.